The zero-order valence-electron chi connectivity index (χ0n) is 26.6. The molecule has 5 rings (SSSR count). The predicted molar refractivity (Wildman–Crippen MR) is 186 cm³/mol. The Labute approximate surface area is 293 Å². The molecule has 0 bridgehead atoms. The smallest absolute Gasteiger partial charge is 0.338 e. The summed E-state index contributed by atoms with van der Waals surface area (Å²) < 4.78 is 25.2. The van der Waals surface area contributed by atoms with Crippen molar-refractivity contribution in [3.05, 3.63) is 122 Å². The highest BCUT2D eigenvalue weighted by atomic mass is 79.9. The summed E-state index contributed by atoms with van der Waals surface area (Å²) in [6.07, 6.45) is 1.59. The van der Waals surface area contributed by atoms with Gasteiger partial charge in [-0.05, 0) is 90.7 Å². The fraction of sp³-hybridized carbons (Fsp3) is 0.265. The summed E-state index contributed by atoms with van der Waals surface area (Å²) in [5.41, 5.74) is 2.09. The molecule has 11 nitrogen and oxygen atoms in total. The molecule has 48 heavy (non-hydrogen) atoms. The van der Waals surface area contributed by atoms with E-state index in [1.54, 1.807) is 62.4 Å². The minimum Gasteiger partial charge on any atom is -0.493 e. The number of nitrogens with zero attached hydrogens (tertiary/aromatic N) is 3. The number of methoxy groups -OCH3 is 1. The standard InChI is InChI=1S/C34H31BrClN3O8S/c1-6-45-33(41)29-19(4)37-34-38(30(29)22-10-11-26(47-18(2)3)27(16-22)44-5)32(40)28(48-34)15-21-13-24(35)31(25(36)14-21)46-17-20-8-7-9-23(12-20)39(42)43/h7-16,18,30H,6,17H2,1-5H3/b28-15-/t30-/m0/s1. The average molecular weight is 757 g/mol. The Morgan fingerprint density at radius 3 is 2.62 bits per heavy atom. The number of hydrogen-bond donors (Lipinski definition) is 0. The molecule has 4 aromatic rings. The van der Waals surface area contributed by atoms with Gasteiger partial charge < -0.3 is 18.9 Å². The Balaban J connectivity index is 1.55. The number of nitro groups is 1. The fourth-order valence-corrected chi connectivity index (χ4v) is 7.22. The molecule has 0 saturated carbocycles. The van der Waals surface area contributed by atoms with Crippen LogP contribution in [-0.2, 0) is 16.1 Å². The normalized spacial score (nSPS) is 14.4. The minimum absolute atomic E-state index is 0.0406. The number of halogens is 2. The molecule has 0 aliphatic carbocycles. The van der Waals surface area contributed by atoms with Gasteiger partial charge >= 0.3 is 5.97 Å². The molecule has 0 fully saturated rings. The molecule has 1 aliphatic heterocycles. The van der Waals surface area contributed by atoms with Gasteiger partial charge in [0.1, 0.15) is 6.61 Å². The first-order chi connectivity index (χ1) is 22.9. The highest BCUT2D eigenvalue weighted by molar-refractivity contribution is 9.10. The van der Waals surface area contributed by atoms with Crippen LogP contribution in [0.2, 0.25) is 5.02 Å². The lowest BCUT2D eigenvalue weighted by molar-refractivity contribution is -0.384. The Morgan fingerprint density at radius 2 is 1.96 bits per heavy atom. The van der Waals surface area contributed by atoms with Gasteiger partial charge in [0, 0.05) is 12.1 Å². The summed E-state index contributed by atoms with van der Waals surface area (Å²) in [5.74, 6) is 0.752. The van der Waals surface area contributed by atoms with E-state index in [9.17, 15) is 19.7 Å². The van der Waals surface area contributed by atoms with Crippen LogP contribution in [0.5, 0.6) is 17.2 Å². The van der Waals surface area contributed by atoms with Crippen LogP contribution in [0, 0.1) is 10.1 Å². The van der Waals surface area contributed by atoms with Crippen LogP contribution in [0.3, 0.4) is 0 Å². The van der Waals surface area contributed by atoms with Gasteiger partial charge in [0.05, 0.1) is 56.1 Å². The maximum Gasteiger partial charge on any atom is 0.338 e. The molecule has 3 aromatic carbocycles. The first kappa shape index (κ1) is 34.9. The van der Waals surface area contributed by atoms with Gasteiger partial charge in [0.15, 0.2) is 22.0 Å². The number of aromatic nitrogens is 1. The third-order valence-electron chi connectivity index (χ3n) is 7.21. The summed E-state index contributed by atoms with van der Waals surface area (Å²) >= 11 is 11.3. The maximum absolute atomic E-state index is 14.1. The lowest BCUT2D eigenvalue weighted by atomic mass is 9.95. The average Bonchev–Trinajstić information content (AvgIpc) is 3.33. The molecule has 1 atom stereocenters. The van der Waals surface area contributed by atoms with E-state index >= 15 is 0 Å². The minimum atomic E-state index is -0.843. The SMILES string of the molecule is CCOC(=O)C1=C(C)N=c2s/c(=C\c3cc(Cl)c(OCc4cccc([N+](=O)[O-])c4)c(Br)c3)c(=O)n2[C@H]1c1ccc(OC(C)C)c(OC)c1. The molecule has 0 saturated heterocycles. The summed E-state index contributed by atoms with van der Waals surface area (Å²) in [4.78, 5) is 43.1. The molecular weight excluding hydrogens is 726 g/mol. The van der Waals surface area contributed by atoms with Crippen LogP contribution in [0.15, 0.2) is 80.1 Å². The van der Waals surface area contributed by atoms with Crippen molar-refractivity contribution in [3.8, 4) is 17.2 Å². The summed E-state index contributed by atoms with van der Waals surface area (Å²) in [5, 5.41) is 11.4. The number of benzene rings is 3. The molecule has 0 spiro atoms. The Kier molecular flexibility index (Phi) is 10.7. The first-order valence-corrected chi connectivity index (χ1v) is 16.8. The molecule has 1 aromatic heterocycles. The van der Waals surface area contributed by atoms with Gasteiger partial charge in [0.2, 0.25) is 0 Å². The van der Waals surface area contributed by atoms with Crippen molar-refractivity contribution in [1.29, 1.82) is 0 Å². The van der Waals surface area contributed by atoms with Crippen LogP contribution in [0.4, 0.5) is 5.69 Å². The van der Waals surface area contributed by atoms with E-state index in [0.717, 1.165) is 0 Å². The largest absolute Gasteiger partial charge is 0.493 e. The summed E-state index contributed by atoms with van der Waals surface area (Å²) in [6, 6.07) is 14.0. The van der Waals surface area contributed by atoms with Gasteiger partial charge in [-0.3, -0.25) is 19.5 Å². The molecule has 250 valence electrons. The van der Waals surface area contributed by atoms with Crippen LogP contribution in [-0.4, -0.2) is 35.3 Å². The number of hydrogen-bond acceptors (Lipinski definition) is 10. The second kappa shape index (κ2) is 14.8. The number of thiazole rings is 1. The van der Waals surface area contributed by atoms with E-state index in [2.05, 4.69) is 20.9 Å². The van der Waals surface area contributed by atoms with E-state index in [4.69, 9.17) is 30.5 Å². The van der Waals surface area contributed by atoms with Crippen molar-refractivity contribution >= 4 is 56.6 Å². The van der Waals surface area contributed by atoms with Crippen molar-refractivity contribution in [1.82, 2.24) is 4.57 Å². The van der Waals surface area contributed by atoms with Crippen LogP contribution in [0.25, 0.3) is 6.08 Å². The van der Waals surface area contributed by atoms with Gasteiger partial charge in [-0.2, -0.15) is 0 Å². The quantitative estimate of drug-likeness (QED) is 0.0964. The van der Waals surface area contributed by atoms with E-state index in [1.807, 2.05) is 13.8 Å². The van der Waals surface area contributed by atoms with Crippen LogP contribution >= 0.6 is 38.9 Å². The molecule has 0 radical (unpaired) electrons. The number of allylic oxidation sites excluding steroid dienone is 1. The monoisotopic (exact) mass is 755 g/mol. The van der Waals surface area contributed by atoms with Crippen molar-refractivity contribution in [3.63, 3.8) is 0 Å². The van der Waals surface area contributed by atoms with E-state index in [-0.39, 0.29) is 41.2 Å². The predicted octanol–water partition coefficient (Wildman–Crippen LogP) is 6.50. The third-order valence-corrected chi connectivity index (χ3v) is 9.06. The van der Waals surface area contributed by atoms with Crippen molar-refractivity contribution in [2.24, 2.45) is 4.99 Å². The lowest BCUT2D eigenvalue weighted by Crippen LogP contribution is -2.40. The van der Waals surface area contributed by atoms with Crippen molar-refractivity contribution < 1.29 is 28.7 Å². The number of carbonyl (C=O) groups is 1. The second-order valence-electron chi connectivity index (χ2n) is 10.9. The van der Waals surface area contributed by atoms with Crippen molar-refractivity contribution in [2.75, 3.05) is 13.7 Å². The summed E-state index contributed by atoms with van der Waals surface area (Å²) in [7, 11) is 1.53. The van der Waals surface area contributed by atoms with Gasteiger partial charge in [-0.1, -0.05) is 41.1 Å². The molecular formula is C34H31BrClN3O8S. The Morgan fingerprint density at radius 1 is 1.19 bits per heavy atom. The van der Waals surface area contributed by atoms with Gasteiger partial charge in [0.25, 0.3) is 11.2 Å². The van der Waals surface area contributed by atoms with Gasteiger partial charge in [-0.25, -0.2) is 9.79 Å². The number of rotatable bonds is 11. The number of ether oxygens (including phenoxy) is 4. The Hall–Kier alpha value is -4.46. The van der Waals surface area contributed by atoms with E-state index in [0.29, 0.717) is 53.4 Å². The highest BCUT2D eigenvalue weighted by Crippen LogP contribution is 2.37. The zero-order valence-corrected chi connectivity index (χ0v) is 29.8. The van der Waals surface area contributed by atoms with E-state index < -0.39 is 16.9 Å². The molecule has 2 heterocycles. The number of non-ortho nitro benzene ring substituents is 1. The van der Waals surface area contributed by atoms with Crippen LogP contribution < -0.4 is 29.1 Å². The first-order valence-electron chi connectivity index (χ1n) is 14.8. The van der Waals surface area contributed by atoms with Crippen LogP contribution in [0.1, 0.15) is 50.4 Å². The molecule has 0 unspecified atom stereocenters. The maximum atomic E-state index is 14.1. The highest BCUT2D eigenvalue weighted by Gasteiger charge is 2.34. The third kappa shape index (κ3) is 7.33. The number of esters is 1. The molecule has 0 amide bonds. The Bertz CT molecular complexity index is 2100. The number of nitro benzene ring substituents is 1. The number of fused-ring (bicyclic) bond motifs is 1. The molecule has 0 N–H and O–H groups in total. The number of carbonyl (C=O) groups excluding carboxylic acids is 1. The van der Waals surface area contributed by atoms with Gasteiger partial charge in [-0.15, -0.1) is 0 Å². The zero-order chi connectivity index (χ0) is 34.7. The second-order valence-corrected chi connectivity index (χ2v) is 13.2. The van der Waals surface area contributed by atoms with E-state index in [1.165, 1.54) is 35.1 Å². The van der Waals surface area contributed by atoms with Crippen molar-refractivity contribution in [2.45, 2.75) is 46.4 Å². The topological polar surface area (TPSA) is 131 Å². The summed E-state index contributed by atoms with van der Waals surface area (Å²) in [6.45, 7) is 7.44. The molecule has 14 heteroatoms. The molecule has 1 aliphatic rings. The fourth-order valence-electron chi connectivity index (χ4n) is 5.18. The lowest BCUT2D eigenvalue weighted by Gasteiger charge is -2.25.